The first kappa shape index (κ1) is 15.2. The molecule has 1 unspecified atom stereocenters. The first-order valence-electron chi connectivity index (χ1n) is 7.95. The molecule has 1 atom stereocenters. The summed E-state index contributed by atoms with van der Waals surface area (Å²) in [7, 11) is 0. The average molecular weight is 277 g/mol. The van der Waals surface area contributed by atoms with Crippen molar-refractivity contribution in [3.63, 3.8) is 0 Å². The maximum atomic E-state index is 9.33. The molecule has 0 bridgehead atoms. The molecule has 1 aromatic heterocycles. The lowest BCUT2D eigenvalue weighted by molar-refractivity contribution is 0.239. The Bertz CT molecular complexity index is 416. The Balaban J connectivity index is 2.08. The molecule has 1 fully saturated rings. The Labute approximate surface area is 122 Å². The van der Waals surface area contributed by atoms with Gasteiger partial charge >= 0.3 is 0 Å². The molecule has 1 heterocycles. The van der Waals surface area contributed by atoms with Crippen molar-refractivity contribution in [1.82, 2.24) is 9.97 Å². The number of anilines is 1. The summed E-state index contributed by atoms with van der Waals surface area (Å²) in [5, 5.41) is 12.9. The molecule has 1 aliphatic rings. The van der Waals surface area contributed by atoms with E-state index >= 15 is 0 Å². The fraction of sp³-hybridized carbons (Fsp3) is 0.750. The molecule has 2 rings (SSSR count). The standard InChI is InChI=1S/C16H27N3O/c1-3-14-11-16(18-12(2)17-14)19-15(9-10-20)13-7-5-4-6-8-13/h11,13,15,20H,3-10H2,1-2H3,(H,17,18,19). The molecule has 0 aliphatic heterocycles. The molecule has 112 valence electrons. The Morgan fingerprint density at radius 1 is 1.30 bits per heavy atom. The van der Waals surface area contributed by atoms with Gasteiger partial charge in [-0.25, -0.2) is 9.97 Å². The fourth-order valence-electron chi connectivity index (χ4n) is 3.18. The quantitative estimate of drug-likeness (QED) is 0.839. The smallest absolute Gasteiger partial charge is 0.130 e. The van der Waals surface area contributed by atoms with Gasteiger partial charge in [-0.2, -0.15) is 0 Å². The van der Waals surface area contributed by atoms with E-state index in [0.29, 0.717) is 12.0 Å². The molecule has 0 aromatic carbocycles. The third-order valence-corrected chi connectivity index (χ3v) is 4.25. The molecular weight excluding hydrogens is 250 g/mol. The highest BCUT2D eigenvalue weighted by atomic mass is 16.3. The van der Waals surface area contributed by atoms with Gasteiger partial charge in [0.1, 0.15) is 11.6 Å². The van der Waals surface area contributed by atoms with Crippen LogP contribution in [0, 0.1) is 12.8 Å². The zero-order chi connectivity index (χ0) is 14.4. The molecule has 0 amide bonds. The first-order chi connectivity index (χ1) is 9.72. The molecular formula is C16H27N3O. The number of rotatable bonds is 6. The van der Waals surface area contributed by atoms with Gasteiger partial charge < -0.3 is 10.4 Å². The number of nitrogens with zero attached hydrogens (tertiary/aromatic N) is 2. The summed E-state index contributed by atoms with van der Waals surface area (Å²) < 4.78 is 0. The van der Waals surface area contributed by atoms with Gasteiger partial charge in [0, 0.05) is 24.4 Å². The molecule has 0 radical (unpaired) electrons. The minimum atomic E-state index is 0.235. The SMILES string of the molecule is CCc1cc(NC(CCO)C2CCCCC2)nc(C)n1. The van der Waals surface area contributed by atoms with Gasteiger partial charge in [-0.1, -0.05) is 26.2 Å². The summed E-state index contributed by atoms with van der Waals surface area (Å²) >= 11 is 0. The molecule has 0 spiro atoms. The van der Waals surface area contributed by atoms with Crippen LogP contribution in [-0.2, 0) is 6.42 Å². The number of aryl methyl sites for hydroxylation is 2. The maximum absolute atomic E-state index is 9.33. The van der Waals surface area contributed by atoms with Crippen molar-refractivity contribution >= 4 is 5.82 Å². The van der Waals surface area contributed by atoms with Crippen molar-refractivity contribution in [2.45, 2.75) is 64.8 Å². The number of hydrogen-bond donors (Lipinski definition) is 2. The lowest BCUT2D eigenvalue weighted by Crippen LogP contribution is -2.32. The molecule has 1 aliphatic carbocycles. The normalized spacial score (nSPS) is 17.9. The third kappa shape index (κ3) is 4.17. The van der Waals surface area contributed by atoms with E-state index in [0.717, 1.165) is 30.2 Å². The van der Waals surface area contributed by atoms with Crippen LogP contribution < -0.4 is 5.32 Å². The monoisotopic (exact) mass is 277 g/mol. The molecule has 2 N–H and O–H groups in total. The van der Waals surface area contributed by atoms with E-state index < -0.39 is 0 Å². The number of aliphatic hydroxyl groups excluding tert-OH is 1. The van der Waals surface area contributed by atoms with Gasteiger partial charge in [-0.3, -0.25) is 0 Å². The summed E-state index contributed by atoms with van der Waals surface area (Å²) in [5.41, 5.74) is 1.08. The minimum Gasteiger partial charge on any atom is -0.396 e. The van der Waals surface area contributed by atoms with E-state index in [-0.39, 0.29) is 6.61 Å². The molecule has 4 heteroatoms. The Morgan fingerprint density at radius 3 is 2.70 bits per heavy atom. The van der Waals surface area contributed by atoms with Gasteiger partial charge in [-0.15, -0.1) is 0 Å². The average Bonchev–Trinajstić information content (AvgIpc) is 2.47. The van der Waals surface area contributed by atoms with Crippen LogP contribution in [0.25, 0.3) is 0 Å². The van der Waals surface area contributed by atoms with Crippen LogP contribution in [0.4, 0.5) is 5.82 Å². The Hall–Kier alpha value is -1.16. The number of aromatic nitrogens is 2. The van der Waals surface area contributed by atoms with Crippen LogP contribution >= 0.6 is 0 Å². The van der Waals surface area contributed by atoms with Crippen LogP contribution in [0.5, 0.6) is 0 Å². The van der Waals surface area contributed by atoms with E-state index in [1.165, 1.54) is 32.1 Å². The van der Waals surface area contributed by atoms with E-state index in [1.54, 1.807) is 0 Å². The van der Waals surface area contributed by atoms with Crippen molar-refractivity contribution in [3.05, 3.63) is 17.6 Å². The van der Waals surface area contributed by atoms with E-state index in [2.05, 4.69) is 22.2 Å². The van der Waals surface area contributed by atoms with Crippen LogP contribution in [-0.4, -0.2) is 27.7 Å². The minimum absolute atomic E-state index is 0.235. The highest BCUT2D eigenvalue weighted by molar-refractivity contribution is 5.37. The van der Waals surface area contributed by atoms with Crippen LogP contribution in [0.2, 0.25) is 0 Å². The van der Waals surface area contributed by atoms with E-state index in [4.69, 9.17) is 0 Å². The second kappa shape index (κ2) is 7.58. The van der Waals surface area contributed by atoms with Crippen molar-refractivity contribution in [2.75, 3.05) is 11.9 Å². The van der Waals surface area contributed by atoms with Crippen LogP contribution in [0.1, 0.15) is 57.0 Å². The number of nitrogens with one attached hydrogen (secondary N) is 1. The fourth-order valence-corrected chi connectivity index (χ4v) is 3.18. The predicted molar refractivity (Wildman–Crippen MR) is 81.8 cm³/mol. The summed E-state index contributed by atoms with van der Waals surface area (Å²) in [5.74, 6) is 2.40. The summed E-state index contributed by atoms with van der Waals surface area (Å²) in [6, 6.07) is 2.37. The zero-order valence-corrected chi connectivity index (χ0v) is 12.7. The lowest BCUT2D eigenvalue weighted by Gasteiger charge is -2.31. The largest absolute Gasteiger partial charge is 0.396 e. The molecule has 20 heavy (non-hydrogen) atoms. The van der Waals surface area contributed by atoms with Gasteiger partial charge in [0.05, 0.1) is 0 Å². The maximum Gasteiger partial charge on any atom is 0.130 e. The van der Waals surface area contributed by atoms with Crippen molar-refractivity contribution in [3.8, 4) is 0 Å². The first-order valence-corrected chi connectivity index (χ1v) is 7.95. The molecule has 0 saturated heterocycles. The summed E-state index contributed by atoms with van der Waals surface area (Å²) in [6.45, 7) is 4.28. The lowest BCUT2D eigenvalue weighted by atomic mass is 9.83. The van der Waals surface area contributed by atoms with Crippen molar-refractivity contribution in [1.29, 1.82) is 0 Å². The highest BCUT2D eigenvalue weighted by Crippen LogP contribution is 2.29. The molecule has 1 saturated carbocycles. The summed E-state index contributed by atoms with van der Waals surface area (Å²) in [6.07, 6.45) is 8.25. The van der Waals surface area contributed by atoms with Crippen LogP contribution in [0.3, 0.4) is 0 Å². The van der Waals surface area contributed by atoms with Crippen molar-refractivity contribution < 1.29 is 5.11 Å². The zero-order valence-electron chi connectivity index (χ0n) is 12.7. The summed E-state index contributed by atoms with van der Waals surface area (Å²) in [4.78, 5) is 8.91. The molecule has 4 nitrogen and oxygen atoms in total. The number of aliphatic hydroxyl groups is 1. The predicted octanol–water partition coefficient (Wildman–Crippen LogP) is 3.09. The third-order valence-electron chi connectivity index (χ3n) is 4.25. The topological polar surface area (TPSA) is 58.0 Å². The Kier molecular flexibility index (Phi) is 5.77. The second-order valence-corrected chi connectivity index (χ2v) is 5.81. The van der Waals surface area contributed by atoms with Gasteiger partial charge in [0.25, 0.3) is 0 Å². The van der Waals surface area contributed by atoms with E-state index in [9.17, 15) is 5.11 Å². The van der Waals surface area contributed by atoms with E-state index in [1.807, 2.05) is 13.0 Å². The van der Waals surface area contributed by atoms with Crippen LogP contribution in [0.15, 0.2) is 6.07 Å². The Morgan fingerprint density at radius 2 is 2.05 bits per heavy atom. The number of hydrogen-bond acceptors (Lipinski definition) is 4. The van der Waals surface area contributed by atoms with Gasteiger partial charge in [0.15, 0.2) is 0 Å². The van der Waals surface area contributed by atoms with Crippen molar-refractivity contribution in [2.24, 2.45) is 5.92 Å². The van der Waals surface area contributed by atoms with Gasteiger partial charge in [-0.05, 0) is 38.5 Å². The highest BCUT2D eigenvalue weighted by Gasteiger charge is 2.23. The van der Waals surface area contributed by atoms with Gasteiger partial charge in [0.2, 0.25) is 0 Å². The molecule has 1 aromatic rings. The second-order valence-electron chi connectivity index (χ2n) is 5.81.